The zero-order valence-corrected chi connectivity index (χ0v) is 7.85. The standard InChI is InChI=1S/C8H7O2S2/c9-6-10-8(12-11)7-4-2-1-3-5-7/h1-5,8,11H. The van der Waals surface area contributed by atoms with Gasteiger partial charge in [0, 0.05) is 5.56 Å². The molecule has 1 rings (SSSR count). The van der Waals surface area contributed by atoms with Crippen molar-refractivity contribution in [2.45, 2.75) is 5.44 Å². The summed E-state index contributed by atoms with van der Waals surface area (Å²) in [6.45, 7) is 1.40. The summed E-state index contributed by atoms with van der Waals surface area (Å²) in [6.07, 6.45) is 0. The lowest BCUT2D eigenvalue weighted by Crippen LogP contribution is -1.95. The number of ether oxygens (including phenoxy) is 1. The van der Waals surface area contributed by atoms with Crippen LogP contribution in [-0.4, -0.2) is 6.47 Å². The second-order valence-electron chi connectivity index (χ2n) is 2.05. The van der Waals surface area contributed by atoms with Crippen molar-refractivity contribution in [2.75, 3.05) is 0 Å². The van der Waals surface area contributed by atoms with Gasteiger partial charge >= 0.3 is 6.47 Å². The number of carbonyl (C=O) groups excluding carboxylic acids is 1. The number of thiol groups is 1. The van der Waals surface area contributed by atoms with E-state index in [0.717, 1.165) is 16.4 Å². The minimum atomic E-state index is -0.368. The van der Waals surface area contributed by atoms with Crippen LogP contribution in [-0.2, 0) is 9.53 Å². The molecule has 0 N–H and O–H groups in total. The molecule has 2 nitrogen and oxygen atoms in total. The minimum absolute atomic E-state index is 0.368. The Morgan fingerprint density at radius 1 is 1.42 bits per heavy atom. The topological polar surface area (TPSA) is 26.3 Å². The minimum Gasteiger partial charge on any atom is -0.437 e. The first-order valence-corrected chi connectivity index (χ1v) is 5.19. The van der Waals surface area contributed by atoms with E-state index < -0.39 is 0 Å². The molecule has 0 aliphatic carbocycles. The van der Waals surface area contributed by atoms with Crippen LogP contribution in [0.15, 0.2) is 30.3 Å². The molecule has 0 bridgehead atoms. The summed E-state index contributed by atoms with van der Waals surface area (Å²) in [4.78, 5) is 9.95. The van der Waals surface area contributed by atoms with Crippen LogP contribution in [0, 0.1) is 0 Å². The van der Waals surface area contributed by atoms with Gasteiger partial charge in [0.15, 0.2) is 5.44 Å². The van der Waals surface area contributed by atoms with Crippen LogP contribution >= 0.6 is 22.5 Å². The van der Waals surface area contributed by atoms with Gasteiger partial charge in [-0.3, -0.25) is 0 Å². The van der Waals surface area contributed by atoms with Gasteiger partial charge in [-0.2, -0.15) is 0 Å². The SMILES string of the molecule is O=[C]OC(SS)c1ccccc1. The Morgan fingerprint density at radius 2 is 2.08 bits per heavy atom. The predicted octanol–water partition coefficient (Wildman–Crippen LogP) is 2.35. The molecule has 1 atom stereocenters. The molecule has 1 radical (unpaired) electrons. The summed E-state index contributed by atoms with van der Waals surface area (Å²) < 4.78 is 4.66. The van der Waals surface area contributed by atoms with Crippen LogP contribution < -0.4 is 0 Å². The average Bonchev–Trinajstić information content (AvgIpc) is 2.15. The Bertz CT molecular complexity index is 238. The Balaban J connectivity index is 2.72. The Hall–Kier alpha value is -0.610. The first kappa shape index (κ1) is 9.48. The second kappa shape index (κ2) is 5.11. The van der Waals surface area contributed by atoms with E-state index in [1.54, 1.807) is 0 Å². The highest BCUT2D eigenvalue weighted by Gasteiger charge is 2.09. The summed E-state index contributed by atoms with van der Waals surface area (Å²) in [5.74, 6) is 0. The lowest BCUT2D eigenvalue weighted by Gasteiger charge is -2.09. The highest BCUT2D eigenvalue weighted by molar-refractivity contribution is 8.68. The van der Waals surface area contributed by atoms with Gasteiger partial charge < -0.3 is 4.74 Å². The van der Waals surface area contributed by atoms with Crippen LogP contribution in [0.4, 0.5) is 0 Å². The Kier molecular flexibility index (Phi) is 4.04. The number of benzene rings is 1. The zero-order valence-electron chi connectivity index (χ0n) is 6.14. The molecular formula is C8H7O2S2. The van der Waals surface area contributed by atoms with E-state index in [0.29, 0.717) is 0 Å². The molecule has 0 spiro atoms. The molecule has 63 valence electrons. The Morgan fingerprint density at radius 3 is 2.58 bits per heavy atom. The average molecular weight is 199 g/mol. The summed E-state index contributed by atoms with van der Waals surface area (Å²) in [5, 5.41) is 0. The van der Waals surface area contributed by atoms with Gasteiger partial charge in [-0.05, 0) is 10.8 Å². The Labute approximate surface area is 80.1 Å². The predicted molar refractivity (Wildman–Crippen MR) is 52.5 cm³/mol. The van der Waals surface area contributed by atoms with Gasteiger partial charge in [0.1, 0.15) is 0 Å². The van der Waals surface area contributed by atoms with Crippen molar-refractivity contribution in [1.29, 1.82) is 0 Å². The zero-order chi connectivity index (χ0) is 8.81. The lowest BCUT2D eigenvalue weighted by atomic mass is 10.2. The first-order valence-electron chi connectivity index (χ1n) is 3.26. The molecule has 0 saturated carbocycles. The van der Waals surface area contributed by atoms with Crippen molar-refractivity contribution in [3.05, 3.63) is 35.9 Å². The van der Waals surface area contributed by atoms with Gasteiger partial charge in [0.05, 0.1) is 0 Å². The van der Waals surface area contributed by atoms with Crippen LogP contribution in [0.3, 0.4) is 0 Å². The van der Waals surface area contributed by atoms with Gasteiger partial charge in [-0.25, -0.2) is 4.79 Å². The number of rotatable bonds is 4. The molecule has 12 heavy (non-hydrogen) atoms. The lowest BCUT2D eigenvalue weighted by molar-refractivity contribution is 0.259. The molecule has 0 fully saturated rings. The van der Waals surface area contributed by atoms with E-state index in [1.165, 1.54) is 6.47 Å². The van der Waals surface area contributed by atoms with E-state index >= 15 is 0 Å². The third-order valence-electron chi connectivity index (χ3n) is 1.32. The highest BCUT2D eigenvalue weighted by atomic mass is 33.1. The monoisotopic (exact) mass is 199 g/mol. The fourth-order valence-electron chi connectivity index (χ4n) is 0.804. The maximum atomic E-state index is 9.95. The van der Waals surface area contributed by atoms with Crippen molar-refractivity contribution in [3.63, 3.8) is 0 Å². The number of hydrogen-bond donors (Lipinski definition) is 1. The molecule has 0 aliphatic heterocycles. The van der Waals surface area contributed by atoms with E-state index in [4.69, 9.17) is 0 Å². The van der Waals surface area contributed by atoms with Crippen molar-refractivity contribution in [1.82, 2.24) is 0 Å². The first-order chi connectivity index (χ1) is 5.88. The summed E-state index contributed by atoms with van der Waals surface area (Å²) in [7, 11) is 1.16. The third kappa shape index (κ3) is 2.46. The molecule has 0 amide bonds. The quantitative estimate of drug-likeness (QED) is 0.458. The van der Waals surface area contributed by atoms with Gasteiger partial charge in [-0.15, -0.1) is 11.7 Å². The van der Waals surface area contributed by atoms with Crippen molar-refractivity contribution < 1.29 is 9.53 Å². The fourth-order valence-corrected chi connectivity index (χ4v) is 1.66. The summed E-state index contributed by atoms with van der Waals surface area (Å²) in [6, 6.07) is 9.38. The normalized spacial score (nSPS) is 12.1. The molecule has 4 heteroatoms. The molecule has 0 heterocycles. The third-order valence-corrected chi connectivity index (χ3v) is 2.46. The smallest absolute Gasteiger partial charge is 0.419 e. The molecular weight excluding hydrogens is 192 g/mol. The summed E-state index contributed by atoms with van der Waals surface area (Å²) >= 11 is 3.97. The number of hydrogen-bond acceptors (Lipinski definition) is 4. The second-order valence-corrected chi connectivity index (χ2v) is 3.32. The fraction of sp³-hybridized carbons (Fsp3) is 0.125. The molecule has 0 aromatic heterocycles. The molecule has 0 saturated heterocycles. The van der Waals surface area contributed by atoms with Crippen molar-refractivity contribution in [3.8, 4) is 0 Å². The van der Waals surface area contributed by atoms with Crippen LogP contribution in [0.1, 0.15) is 11.0 Å². The molecule has 1 aromatic rings. The maximum Gasteiger partial charge on any atom is 0.419 e. The molecule has 1 aromatic carbocycles. The largest absolute Gasteiger partial charge is 0.437 e. The van der Waals surface area contributed by atoms with Crippen molar-refractivity contribution in [2.24, 2.45) is 0 Å². The molecule has 0 aliphatic rings. The van der Waals surface area contributed by atoms with Crippen LogP contribution in [0.5, 0.6) is 0 Å². The maximum absolute atomic E-state index is 9.95. The van der Waals surface area contributed by atoms with E-state index in [9.17, 15) is 4.79 Å². The van der Waals surface area contributed by atoms with E-state index in [-0.39, 0.29) is 5.44 Å². The summed E-state index contributed by atoms with van der Waals surface area (Å²) in [5.41, 5.74) is 0.535. The van der Waals surface area contributed by atoms with E-state index in [2.05, 4.69) is 16.4 Å². The van der Waals surface area contributed by atoms with Crippen LogP contribution in [0.25, 0.3) is 0 Å². The van der Waals surface area contributed by atoms with Gasteiger partial charge in [0.2, 0.25) is 0 Å². The van der Waals surface area contributed by atoms with Crippen molar-refractivity contribution >= 4 is 28.9 Å². The van der Waals surface area contributed by atoms with E-state index in [1.807, 2.05) is 30.3 Å². The van der Waals surface area contributed by atoms with Gasteiger partial charge in [0.25, 0.3) is 0 Å². The molecule has 1 unspecified atom stereocenters. The van der Waals surface area contributed by atoms with Gasteiger partial charge in [-0.1, -0.05) is 30.3 Å². The highest BCUT2D eigenvalue weighted by Crippen LogP contribution is 2.31. The van der Waals surface area contributed by atoms with Crippen LogP contribution in [0.2, 0.25) is 0 Å².